The quantitative estimate of drug-likeness (QED) is 0.419. The van der Waals surface area contributed by atoms with Crippen molar-refractivity contribution in [3.8, 4) is 0 Å². The van der Waals surface area contributed by atoms with Crippen LogP contribution in [0.4, 0.5) is 0 Å². The molecule has 0 aliphatic carbocycles. The number of rotatable bonds is 1. The van der Waals surface area contributed by atoms with Gasteiger partial charge in [0.05, 0.1) is 0 Å². The van der Waals surface area contributed by atoms with Gasteiger partial charge in [0.15, 0.2) is 0 Å². The third-order valence-electron chi connectivity index (χ3n) is 0.135. The van der Waals surface area contributed by atoms with Gasteiger partial charge in [0.25, 0.3) is 0 Å². The second kappa shape index (κ2) is 9.63. The fourth-order valence-corrected chi connectivity index (χ4v) is 0. The number of carboxylic acid groups (broad SMARTS) is 1. The molecule has 3 N–H and O–H groups in total. The van der Waals surface area contributed by atoms with Crippen molar-refractivity contribution < 1.29 is 20.1 Å². The third-order valence-corrected chi connectivity index (χ3v) is 0.135. The van der Waals surface area contributed by atoms with Crippen LogP contribution in [-0.2, 0) is 4.79 Å². The van der Waals surface area contributed by atoms with E-state index in [1.165, 1.54) is 0 Å². The predicted octanol–water partition coefficient (Wildman–Crippen LogP) is -0.938. The summed E-state index contributed by atoms with van der Waals surface area (Å²) in [7, 11) is 0. The topological polar surface area (TPSA) is 77.8 Å². The fraction of sp³-hybridized carbons (Fsp3) is 0.750. The molecule has 0 bridgehead atoms. The molecule has 4 nitrogen and oxygen atoms in total. The maximum absolute atomic E-state index is 9.12. The normalized spacial score (nSPS) is 6.88. The molecule has 0 atom stereocenters. The van der Waals surface area contributed by atoms with Crippen molar-refractivity contribution in [2.45, 2.75) is 6.92 Å². The zero-order valence-electron chi connectivity index (χ0n) is 4.66. The van der Waals surface area contributed by atoms with E-state index in [2.05, 4.69) is 0 Å². The first kappa shape index (κ1) is 10.4. The second-order valence-electron chi connectivity index (χ2n) is 0.868. The minimum absolute atomic E-state index is 0.250. The van der Waals surface area contributed by atoms with Gasteiger partial charge in [0.2, 0.25) is 0 Å². The summed E-state index contributed by atoms with van der Waals surface area (Å²) in [5.41, 5.74) is 0. The lowest BCUT2D eigenvalue weighted by atomic mass is 10.8. The Labute approximate surface area is 47.4 Å². The molecule has 0 aromatic carbocycles. The van der Waals surface area contributed by atoms with Gasteiger partial charge < -0.3 is 15.3 Å². The lowest BCUT2D eigenvalue weighted by Gasteiger charge is -1.72. The average molecular weight is 122 g/mol. The summed E-state index contributed by atoms with van der Waals surface area (Å²) in [6, 6.07) is 0. The largest absolute Gasteiger partial charge is 0.480 e. The van der Waals surface area contributed by atoms with Crippen LogP contribution in [0.3, 0.4) is 0 Å². The molecule has 8 heavy (non-hydrogen) atoms. The van der Waals surface area contributed by atoms with Crippen LogP contribution in [0.2, 0.25) is 0 Å². The summed E-state index contributed by atoms with van der Waals surface area (Å²) < 4.78 is 0. The summed E-state index contributed by atoms with van der Waals surface area (Å²) in [6.45, 7) is 1.15. The molecule has 0 aliphatic heterocycles. The number of aliphatic carboxylic acids is 1. The summed E-state index contributed by atoms with van der Waals surface area (Å²) in [5, 5.41) is 22.6. The Hall–Kier alpha value is -0.610. The maximum Gasteiger partial charge on any atom is 0.329 e. The maximum atomic E-state index is 9.12. The molecule has 0 aromatic heterocycles. The number of hydrogen-bond donors (Lipinski definition) is 3. The first-order valence-electron chi connectivity index (χ1n) is 2.12. The molecule has 0 aliphatic rings. The van der Waals surface area contributed by atoms with Crippen LogP contribution >= 0.6 is 0 Å². The van der Waals surface area contributed by atoms with Crippen molar-refractivity contribution in [3.05, 3.63) is 0 Å². The molecule has 0 saturated heterocycles. The van der Waals surface area contributed by atoms with Gasteiger partial charge in [-0.3, -0.25) is 0 Å². The molecule has 4 heteroatoms. The fourth-order valence-electron chi connectivity index (χ4n) is 0. The van der Waals surface area contributed by atoms with Crippen LogP contribution in [0.5, 0.6) is 0 Å². The smallest absolute Gasteiger partial charge is 0.329 e. The van der Waals surface area contributed by atoms with Crippen molar-refractivity contribution >= 4 is 5.97 Å². The number of aliphatic hydroxyl groups excluding tert-OH is 2. The van der Waals surface area contributed by atoms with Crippen LogP contribution in [-0.4, -0.2) is 34.5 Å². The Bertz CT molecular complexity index is 52.0. The number of hydrogen-bond acceptors (Lipinski definition) is 3. The molecule has 0 rings (SSSR count). The van der Waals surface area contributed by atoms with Crippen LogP contribution in [0.25, 0.3) is 0 Å². The Balaban J connectivity index is 0. The van der Waals surface area contributed by atoms with Crippen molar-refractivity contribution in [1.82, 2.24) is 0 Å². The molecule has 0 saturated carbocycles. The molecule has 0 fully saturated rings. The molecular formula is C4H10O4. The van der Waals surface area contributed by atoms with Crippen LogP contribution < -0.4 is 0 Å². The van der Waals surface area contributed by atoms with Crippen molar-refractivity contribution in [2.75, 3.05) is 13.2 Å². The molecule has 0 unspecified atom stereocenters. The van der Waals surface area contributed by atoms with E-state index >= 15 is 0 Å². The van der Waals surface area contributed by atoms with Gasteiger partial charge in [-0.05, 0) is 6.92 Å². The summed E-state index contributed by atoms with van der Waals surface area (Å²) in [6.07, 6.45) is 0. The second-order valence-corrected chi connectivity index (χ2v) is 0.868. The van der Waals surface area contributed by atoms with Gasteiger partial charge in [-0.15, -0.1) is 0 Å². The minimum Gasteiger partial charge on any atom is -0.480 e. The van der Waals surface area contributed by atoms with Gasteiger partial charge in [0.1, 0.15) is 6.61 Å². The Morgan fingerprint density at radius 2 is 1.62 bits per heavy atom. The van der Waals surface area contributed by atoms with Crippen molar-refractivity contribution in [2.24, 2.45) is 0 Å². The van der Waals surface area contributed by atoms with E-state index < -0.39 is 12.6 Å². The Kier molecular flexibility index (Phi) is 12.5. The highest BCUT2D eigenvalue weighted by molar-refractivity contribution is 5.67. The summed E-state index contributed by atoms with van der Waals surface area (Å²) in [5.74, 6) is -1.19. The summed E-state index contributed by atoms with van der Waals surface area (Å²) >= 11 is 0. The molecular weight excluding hydrogens is 112 g/mol. The van der Waals surface area contributed by atoms with E-state index in [1.54, 1.807) is 6.92 Å². The molecule has 0 spiro atoms. The first-order chi connectivity index (χ1) is 3.68. The van der Waals surface area contributed by atoms with E-state index in [0.29, 0.717) is 0 Å². The zero-order valence-corrected chi connectivity index (χ0v) is 4.66. The van der Waals surface area contributed by atoms with Crippen LogP contribution in [0.15, 0.2) is 0 Å². The molecule has 0 radical (unpaired) electrons. The van der Waals surface area contributed by atoms with Gasteiger partial charge in [-0.2, -0.15) is 0 Å². The Morgan fingerprint density at radius 3 is 1.62 bits per heavy atom. The Morgan fingerprint density at radius 1 is 1.50 bits per heavy atom. The first-order valence-corrected chi connectivity index (χ1v) is 2.12. The summed E-state index contributed by atoms with van der Waals surface area (Å²) in [4.78, 5) is 9.12. The van der Waals surface area contributed by atoms with Gasteiger partial charge in [-0.1, -0.05) is 0 Å². The SMILES string of the molecule is CCO.O=C(O)CO. The number of carboxylic acids is 1. The van der Waals surface area contributed by atoms with E-state index in [0.717, 1.165) is 0 Å². The zero-order chi connectivity index (χ0) is 6.99. The number of aliphatic hydroxyl groups is 2. The van der Waals surface area contributed by atoms with Crippen molar-refractivity contribution in [3.63, 3.8) is 0 Å². The van der Waals surface area contributed by atoms with Crippen LogP contribution in [0.1, 0.15) is 6.92 Å². The van der Waals surface area contributed by atoms with Crippen molar-refractivity contribution in [1.29, 1.82) is 0 Å². The predicted molar refractivity (Wildman–Crippen MR) is 27.5 cm³/mol. The lowest BCUT2D eigenvalue weighted by molar-refractivity contribution is -0.140. The lowest BCUT2D eigenvalue weighted by Crippen LogP contribution is -1.98. The van der Waals surface area contributed by atoms with Gasteiger partial charge in [0, 0.05) is 6.61 Å². The molecule has 0 heterocycles. The highest BCUT2D eigenvalue weighted by atomic mass is 16.4. The third kappa shape index (κ3) is 53.8. The van der Waals surface area contributed by atoms with E-state index in [-0.39, 0.29) is 6.61 Å². The molecule has 0 amide bonds. The van der Waals surface area contributed by atoms with Gasteiger partial charge >= 0.3 is 5.97 Å². The minimum atomic E-state index is -1.19. The van der Waals surface area contributed by atoms with E-state index in [1.807, 2.05) is 0 Å². The van der Waals surface area contributed by atoms with E-state index in [4.69, 9.17) is 20.1 Å². The number of carbonyl (C=O) groups is 1. The molecule has 0 aromatic rings. The van der Waals surface area contributed by atoms with Crippen LogP contribution in [0, 0.1) is 0 Å². The van der Waals surface area contributed by atoms with Gasteiger partial charge in [-0.25, -0.2) is 4.79 Å². The van der Waals surface area contributed by atoms with E-state index in [9.17, 15) is 0 Å². The average Bonchev–Trinajstić information content (AvgIpc) is 1.69. The molecule has 50 valence electrons. The standard InChI is InChI=1S/C2H4O3.C2H6O/c3-1-2(4)5;1-2-3/h3H,1H2,(H,4,5);3H,2H2,1H3. The highest BCUT2D eigenvalue weighted by Crippen LogP contribution is 1.48. The highest BCUT2D eigenvalue weighted by Gasteiger charge is 1.82. The monoisotopic (exact) mass is 122 g/mol.